The first-order chi connectivity index (χ1) is 13.9. The van der Waals surface area contributed by atoms with Crippen LogP contribution in [0.25, 0.3) is 28.0 Å². The molecule has 0 atom stereocenters. The molecule has 4 rings (SSSR count). The van der Waals surface area contributed by atoms with Gasteiger partial charge in [-0.1, -0.05) is 6.92 Å². The highest BCUT2D eigenvalue weighted by molar-refractivity contribution is 7.71. The lowest BCUT2D eigenvalue weighted by atomic mass is 10.1. The van der Waals surface area contributed by atoms with Gasteiger partial charge in [0.25, 0.3) is 0 Å². The van der Waals surface area contributed by atoms with Gasteiger partial charge in [-0.3, -0.25) is 9.67 Å². The zero-order valence-electron chi connectivity index (χ0n) is 16.9. The highest BCUT2D eigenvalue weighted by Gasteiger charge is 2.18. The van der Waals surface area contributed by atoms with Gasteiger partial charge in [0.1, 0.15) is 11.5 Å². The van der Waals surface area contributed by atoms with E-state index in [0.717, 1.165) is 17.8 Å². The first-order valence-electron chi connectivity index (χ1n) is 9.69. The molecule has 0 amide bonds. The van der Waals surface area contributed by atoms with E-state index in [1.54, 1.807) is 6.07 Å². The minimum absolute atomic E-state index is 0.0415. The van der Waals surface area contributed by atoms with Crippen LogP contribution in [0.4, 0.5) is 0 Å². The quantitative estimate of drug-likeness (QED) is 0.408. The molecule has 6 nitrogen and oxygen atoms in total. The van der Waals surface area contributed by atoms with Gasteiger partial charge in [0.2, 0.25) is 0 Å². The molecule has 0 saturated carbocycles. The molecule has 2 heterocycles. The minimum Gasteiger partial charge on any atom is -0.508 e. The fraction of sp³-hybridized carbons (Fsp3) is 0.273. The van der Waals surface area contributed by atoms with Crippen LogP contribution >= 0.6 is 12.2 Å². The van der Waals surface area contributed by atoms with Gasteiger partial charge >= 0.3 is 0 Å². The van der Waals surface area contributed by atoms with Crippen LogP contribution in [-0.2, 0) is 13.0 Å². The lowest BCUT2D eigenvalue weighted by molar-refractivity contribution is 0.447. The SMILES string of the molecule is CCc1cc(-c2n[nH]c(=S)n2-c2ccc3c(c2)c(C)c(C)n3CC)c(O)cc1O. The van der Waals surface area contributed by atoms with Gasteiger partial charge in [-0.05, 0) is 74.8 Å². The monoisotopic (exact) mass is 408 g/mol. The summed E-state index contributed by atoms with van der Waals surface area (Å²) in [6, 6.07) is 9.33. The Bertz CT molecular complexity index is 1300. The van der Waals surface area contributed by atoms with E-state index in [1.165, 1.54) is 28.2 Å². The second kappa shape index (κ2) is 7.08. The minimum atomic E-state index is -0.0415. The van der Waals surface area contributed by atoms with Crippen molar-refractivity contribution in [2.75, 3.05) is 0 Å². The summed E-state index contributed by atoms with van der Waals surface area (Å²) >= 11 is 5.50. The molecule has 4 aromatic rings. The standard InChI is InChI=1S/C22H24N4O2S/c1-5-14-9-17(20(28)11-19(14)27)21-23-24-22(29)26(21)15-7-8-18-16(10-15)12(3)13(4)25(18)6-2/h7-11,27-28H,5-6H2,1-4H3,(H,24,29). The number of aromatic hydroxyl groups is 2. The molecule has 0 fully saturated rings. The Balaban J connectivity index is 1.96. The normalized spacial score (nSPS) is 11.4. The molecule has 0 aliphatic rings. The van der Waals surface area contributed by atoms with E-state index in [4.69, 9.17) is 12.2 Å². The summed E-state index contributed by atoms with van der Waals surface area (Å²) in [5, 5.41) is 28.9. The molecular formula is C22H24N4O2S. The van der Waals surface area contributed by atoms with E-state index < -0.39 is 0 Å². The van der Waals surface area contributed by atoms with Gasteiger partial charge in [0, 0.05) is 29.2 Å². The van der Waals surface area contributed by atoms with Crippen LogP contribution in [-0.4, -0.2) is 29.5 Å². The Labute approximate surface area is 174 Å². The molecule has 0 aliphatic carbocycles. The number of benzene rings is 2. The maximum atomic E-state index is 10.5. The summed E-state index contributed by atoms with van der Waals surface area (Å²) in [5.41, 5.74) is 5.79. The van der Waals surface area contributed by atoms with Crippen molar-refractivity contribution in [1.29, 1.82) is 0 Å². The molecule has 0 saturated heterocycles. The van der Waals surface area contributed by atoms with Crippen LogP contribution in [0.15, 0.2) is 30.3 Å². The first-order valence-corrected chi connectivity index (χ1v) is 10.1. The summed E-state index contributed by atoms with van der Waals surface area (Å²) in [6.07, 6.45) is 0.638. The van der Waals surface area contributed by atoms with E-state index in [2.05, 4.69) is 47.7 Å². The number of aromatic nitrogens is 4. The molecule has 2 aromatic carbocycles. The van der Waals surface area contributed by atoms with Crippen molar-refractivity contribution in [3.05, 3.63) is 51.9 Å². The third-order valence-corrected chi connectivity index (χ3v) is 5.96. The van der Waals surface area contributed by atoms with Crippen molar-refractivity contribution in [2.45, 2.75) is 40.7 Å². The number of nitrogens with one attached hydrogen (secondary N) is 1. The molecule has 29 heavy (non-hydrogen) atoms. The maximum Gasteiger partial charge on any atom is 0.200 e. The molecule has 3 N–H and O–H groups in total. The highest BCUT2D eigenvalue weighted by atomic mass is 32.1. The Hall–Kier alpha value is -3.06. The number of hydrogen-bond donors (Lipinski definition) is 3. The maximum absolute atomic E-state index is 10.5. The van der Waals surface area contributed by atoms with Gasteiger partial charge in [-0.2, -0.15) is 5.10 Å². The summed E-state index contributed by atoms with van der Waals surface area (Å²) in [7, 11) is 0. The average Bonchev–Trinajstić information content (AvgIpc) is 3.19. The number of hydrogen-bond acceptors (Lipinski definition) is 4. The molecule has 2 aromatic heterocycles. The Morgan fingerprint density at radius 1 is 1.07 bits per heavy atom. The molecule has 0 radical (unpaired) electrons. The molecule has 0 unspecified atom stereocenters. The fourth-order valence-corrected chi connectivity index (χ4v) is 4.22. The molecule has 0 bridgehead atoms. The largest absolute Gasteiger partial charge is 0.508 e. The van der Waals surface area contributed by atoms with Gasteiger partial charge in [0.15, 0.2) is 10.6 Å². The lowest BCUT2D eigenvalue weighted by Crippen LogP contribution is -1.99. The van der Waals surface area contributed by atoms with Crippen LogP contribution in [0.1, 0.15) is 30.7 Å². The van der Waals surface area contributed by atoms with E-state index in [0.29, 0.717) is 22.6 Å². The fourth-order valence-electron chi connectivity index (χ4n) is 3.99. The number of phenolic OH excluding ortho intramolecular Hbond substituents is 2. The molecule has 0 aliphatic heterocycles. The number of nitrogens with zero attached hydrogens (tertiary/aromatic N) is 3. The highest BCUT2D eigenvalue weighted by Crippen LogP contribution is 2.36. The Morgan fingerprint density at radius 3 is 2.52 bits per heavy atom. The van der Waals surface area contributed by atoms with Crippen molar-refractivity contribution >= 4 is 23.1 Å². The first kappa shape index (κ1) is 19.3. The zero-order valence-corrected chi connectivity index (χ0v) is 17.8. The van der Waals surface area contributed by atoms with Crippen molar-refractivity contribution in [3.63, 3.8) is 0 Å². The van der Waals surface area contributed by atoms with Crippen LogP contribution in [0.3, 0.4) is 0 Å². The predicted octanol–water partition coefficient (Wildman–Crippen LogP) is 5.16. The number of rotatable bonds is 4. The van der Waals surface area contributed by atoms with E-state index in [-0.39, 0.29) is 11.5 Å². The number of H-pyrrole nitrogens is 1. The Kier molecular flexibility index (Phi) is 4.70. The third kappa shape index (κ3) is 2.93. The Morgan fingerprint density at radius 2 is 1.83 bits per heavy atom. The zero-order chi connectivity index (χ0) is 20.9. The predicted molar refractivity (Wildman–Crippen MR) is 118 cm³/mol. The second-order valence-corrected chi connectivity index (χ2v) is 7.58. The second-order valence-electron chi connectivity index (χ2n) is 7.20. The number of phenols is 2. The topological polar surface area (TPSA) is 79.0 Å². The summed E-state index contributed by atoms with van der Waals surface area (Å²) < 4.78 is 4.55. The van der Waals surface area contributed by atoms with Crippen molar-refractivity contribution in [3.8, 4) is 28.6 Å². The number of fused-ring (bicyclic) bond motifs is 1. The lowest BCUT2D eigenvalue weighted by Gasteiger charge is -2.11. The summed E-state index contributed by atoms with van der Waals surface area (Å²) in [4.78, 5) is 0. The van der Waals surface area contributed by atoms with Gasteiger partial charge in [0.05, 0.1) is 11.3 Å². The average molecular weight is 409 g/mol. The molecule has 0 spiro atoms. The molecule has 150 valence electrons. The van der Waals surface area contributed by atoms with Crippen molar-refractivity contribution in [1.82, 2.24) is 19.3 Å². The van der Waals surface area contributed by atoms with Crippen LogP contribution in [0.5, 0.6) is 11.5 Å². The van der Waals surface area contributed by atoms with E-state index >= 15 is 0 Å². The van der Waals surface area contributed by atoms with Crippen LogP contribution in [0, 0.1) is 18.6 Å². The van der Waals surface area contributed by atoms with Gasteiger partial charge in [-0.25, -0.2) is 0 Å². The smallest absolute Gasteiger partial charge is 0.200 e. The number of aryl methyl sites for hydroxylation is 3. The summed E-state index contributed by atoms with van der Waals surface area (Å²) in [5.74, 6) is 0.536. The van der Waals surface area contributed by atoms with E-state index in [9.17, 15) is 10.2 Å². The van der Waals surface area contributed by atoms with Gasteiger partial charge in [-0.15, -0.1) is 0 Å². The van der Waals surface area contributed by atoms with E-state index in [1.807, 2.05) is 17.6 Å². The third-order valence-electron chi connectivity index (χ3n) is 5.69. The molecular weight excluding hydrogens is 384 g/mol. The molecule has 7 heteroatoms. The van der Waals surface area contributed by atoms with Gasteiger partial charge < -0.3 is 14.8 Å². The van der Waals surface area contributed by atoms with Crippen molar-refractivity contribution < 1.29 is 10.2 Å². The number of aromatic amines is 1. The van der Waals surface area contributed by atoms with Crippen LogP contribution < -0.4 is 0 Å². The van der Waals surface area contributed by atoms with Crippen LogP contribution in [0.2, 0.25) is 0 Å². The summed E-state index contributed by atoms with van der Waals surface area (Å²) in [6.45, 7) is 9.26. The van der Waals surface area contributed by atoms with Crippen molar-refractivity contribution in [2.24, 2.45) is 0 Å².